The maximum atomic E-state index is 10.7. The van der Waals surface area contributed by atoms with Crippen molar-refractivity contribution in [2.45, 2.75) is 57.9 Å². The van der Waals surface area contributed by atoms with Crippen LogP contribution in [0, 0.1) is 5.41 Å². The largest absolute Gasteiger partial charge is 0.481 e. The predicted molar refractivity (Wildman–Crippen MR) is 63.4 cm³/mol. The van der Waals surface area contributed by atoms with Crippen LogP contribution in [0.3, 0.4) is 0 Å². The highest BCUT2D eigenvalue weighted by molar-refractivity contribution is 5.67. The number of rotatable bonds is 3. The molecule has 1 saturated heterocycles. The monoisotopic (exact) mass is 225 g/mol. The van der Waals surface area contributed by atoms with Crippen LogP contribution < -0.4 is 0 Å². The molecule has 2 rings (SSSR count). The minimum Gasteiger partial charge on any atom is -0.481 e. The zero-order chi connectivity index (χ0) is 11.6. The molecular formula is C13H23NO2. The van der Waals surface area contributed by atoms with E-state index in [-0.39, 0.29) is 12.5 Å². The first-order valence-electron chi connectivity index (χ1n) is 6.57. The van der Waals surface area contributed by atoms with E-state index in [2.05, 4.69) is 4.90 Å². The molecule has 92 valence electrons. The molecule has 0 bridgehead atoms. The van der Waals surface area contributed by atoms with Gasteiger partial charge in [-0.25, -0.2) is 0 Å². The number of carbonyl (C=O) groups is 1. The van der Waals surface area contributed by atoms with E-state index in [1.54, 1.807) is 0 Å². The molecule has 1 unspecified atom stereocenters. The second-order valence-corrected chi connectivity index (χ2v) is 5.77. The summed E-state index contributed by atoms with van der Waals surface area (Å²) in [5.41, 5.74) is 0.559. The van der Waals surface area contributed by atoms with Gasteiger partial charge in [0.15, 0.2) is 0 Å². The molecule has 1 atom stereocenters. The lowest BCUT2D eigenvalue weighted by molar-refractivity contribution is -0.140. The zero-order valence-electron chi connectivity index (χ0n) is 10.2. The van der Waals surface area contributed by atoms with E-state index >= 15 is 0 Å². The average molecular weight is 225 g/mol. The number of hydrogen-bond acceptors (Lipinski definition) is 2. The van der Waals surface area contributed by atoms with E-state index in [9.17, 15) is 4.79 Å². The van der Waals surface area contributed by atoms with Gasteiger partial charge >= 0.3 is 5.97 Å². The van der Waals surface area contributed by atoms with Gasteiger partial charge in [0.2, 0.25) is 0 Å². The van der Waals surface area contributed by atoms with E-state index < -0.39 is 5.97 Å². The van der Waals surface area contributed by atoms with Crippen molar-refractivity contribution in [2.75, 3.05) is 13.1 Å². The topological polar surface area (TPSA) is 40.5 Å². The van der Waals surface area contributed by atoms with Crippen LogP contribution in [0.1, 0.15) is 51.9 Å². The molecule has 0 amide bonds. The van der Waals surface area contributed by atoms with Gasteiger partial charge in [-0.3, -0.25) is 9.69 Å². The van der Waals surface area contributed by atoms with E-state index in [4.69, 9.17) is 5.11 Å². The summed E-state index contributed by atoms with van der Waals surface area (Å²) in [6.45, 7) is 4.32. The lowest BCUT2D eigenvalue weighted by atomic mass is 9.73. The Labute approximate surface area is 97.8 Å². The smallest absolute Gasteiger partial charge is 0.304 e. The highest BCUT2D eigenvalue weighted by atomic mass is 16.4. The Balaban J connectivity index is 1.80. The summed E-state index contributed by atoms with van der Waals surface area (Å²) in [6.07, 6.45) is 8.56. The Morgan fingerprint density at radius 3 is 2.31 bits per heavy atom. The van der Waals surface area contributed by atoms with Crippen LogP contribution in [0.4, 0.5) is 0 Å². The normalized spacial score (nSPS) is 27.1. The Morgan fingerprint density at radius 2 is 1.81 bits per heavy atom. The Bertz CT molecular complexity index is 249. The fraction of sp³-hybridized carbons (Fsp3) is 0.923. The van der Waals surface area contributed by atoms with Crippen molar-refractivity contribution in [3.63, 3.8) is 0 Å². The van der Waals surface area contributed by atoms with Crippen LogP contribution >= 0.6 is 0 Å². The summed E-state index contributed by atoms with van der Waals surface area (Å²) in [6, 6.07) is 0.214. The van der Waals surface area contributed by atoms with Crippen LogP contribution in [0.2, 0.25) is 0 Å². The Morgan fingerprint density at radius 1 is 1.25 bits per heavy atom. The summed E-state index contributed by atoms with van der Waals surface area (Å²) < 4.78 is 0. The molecule has 0 aromatic rings. The van der Waals surface area contributed by atoms with Crippen LogP contribution in [-0.2, 0) is 4.79 Å². The van der Waals surface area contributed by atoms with Crippen LogP contribution in [0.15, 0.2) is 0 Å². The maximum Gasteiger partial charge on any atom is 0.304 e. The third-order valence-electron chi connectivity index (χ3n) is 4.33. The van der Waals surface area contributed by atoms with Gasteiger partial charge in [0.1, 0.15) is 0 Å². The molecule has 1 spiro atoms. The molecule has 3 nitrogen and oxygen atoms in total. The van der Waals surface area contributed by atoms with Crippen molar-refractivity contribution < 1.29 is 9.90 Å². The number of nitrogens with zero attached hydrogens (tertiary/aromatic N) is 1. The highest BCUT2D eigenvalue weighted by Crippen LogP contribution is 2.43. The predicted octanol–water partition coefficient (Wildman–Crippen LogP) is 2.51. The van der Waals surface area contributed by atoms with Gasteiger partial charge in [-0.2, -0.15) is 0 Å². The molecule has 1 aliphatic heterocycles. The lowest BCUT2D eigenvalue weighted by Gasteiger charge is -2.53. The van der Waals surface area contributed by atoms with E-state index in [0.29, 0.717) is 5.41 Å². The van der Waals surface area contributed by atoms with Crippen molar-refractivity contribution in [3.05, 3.63) is 0 Å². The van der Waals surface area contributed by atoms with Crippen molar-refractivity contribution in [1.82, 2.24) is 4.90 Å². The minimum absolute atomic E-state index is 0.214. The minimum atomic E-state index is -0.672. The SMILES string of the molecule is CC(CC(=O)O)N1CC2(CCCCCC2)C1. The molecule has 2 aliphatic rings. The summed E-state index contributed by atoms with van der Waals surface area (Å²) >= 11 is 0. The highest BCUT2D eigenvalue weighted by Gasteiger charge is 2.44. The van der Waals surface area contributed by atoms with Gasteiger partial charge < -0.3 is 5.11 Å². The Kier molecular flexibility index (Phi) is 3.53. The van der Waals surface area contributed by atoms with E-state index in [1.807, 2.05) is 6.92 Å². The summed E-state index contributed by atoms with van der Waals surface area (Å²) in [5, 5.41) is 8.77. The number of hydrogen-bond donors (Lipinski definition) is 1. The first kappa shape index (κ1) is 11.9. The van der Waals surface area contributed by atoms with Crippen molar-refractivity contribution in [1.29, 1.82) is 0 Å². The fourth-order valence-electron chi connectivity index (χ4n) is 3.30. The molecule has 16 heavy (non-hydrogen) atoms. The second kappa shape index (κ2) is 4.74. The van der Waals surface area contributed by atoms with Crippen LogP contribution in [0.25, 0.3) is 0 Å². The number of aliphatic carboxylic acids is 1. The third-order valence-corrected chi connectivity index (χ3v) is 4.33. The van der Waals surface area contributed by atoms with Crippen molar-refractivity contribution in [3.8, 4) is 0 Å². The summed E-state index contributed by atoms with van der Waals surface area (Å²) in [7, 11) is 0. The average Bonchev–Trinajstić information content (AvgIpc) is 2.38. The molecule has 2 fully saturated rings. The van der Waals surface area contributed by atoms with E-state index in [1.165, 1.54) is 38.5 Å². The summed E-state index contributed by atoms with van der Waals surface area (Å²) in [5.74, 6) is -0.672. The van der Waals surface area contributed by atoms with Gasteiger partial charge in [0.25, 0.3) is 0 Å². The lowest BCUT2D eigenvalue weighted by Crippen LogP contribution is -2.59. The molecule has 1 N–H and O–H groups in total. The zero-order valence-corrected chi connectivity index (χ0v) is 10.2. The Hall–Kier alpha value is -0.570. The molecule has 1 aliphatic carbocycles. The quantitative estimate of drug-likeness (QED) is 0.802. The number of carboxylic acids is 1. The van der Waals surface area contributed by atoms with Gasteiger partial charge in [0.05, 0.1) is 6.42 Å². The molecule has 0 aromatic heterocycles. The molecule has 0 aromatic carbocycles. The van der Waals surface area contributed by atoms with Gasteiger partial charge in [-0.1, -0.05) is 25.7 Å². The van der Waals surface area contributed by atoms with Gasteiger partial charge in [0, 0.05) is 19.1 Å². The number of likely N-dealkylation sites (tertiary alicyclic amines) is 1. The molecule has 3 heteroatoms. The fourth-order valence-corrected chi connectivity index (χ4v) is 3.30. The summed E-state index contributed by atoms with van der Waals surface area (Å²) in [4.78, 5) is 13.0. The molecule has 1 saturated carbocycles. The van der Waals surface area contributed by atoms with Gasteiger partial charge in [-0.15, -0.1) is 0 Å². The van der Waals surface area contributed by atoms with E-state index in [0.717, 1.165) is 13.1 Å². The third kappa shape index (κ3) is 2.57. The van der Waals surface area contributed by atoms with Gasteiger partial charge in [-0.05, 0) is 25.2 Å². The molecule has 1 heterocycles. The first-order valence-corrected chi connectivity index (χ1v) is 6.57. The maximum absolute atomic E-state index is 10.7. The van der Waals surface area contributed by atoms with Crippen molar-refractivity contribution >= 4 is 5.97 Å². The van der Waals surface area contributed by atoms with Crippen LogP contribution in [0.5, 0.6) is 0 Å². The first-order chi connectivity index (χ1) is 7.61. The molecule has 0 radical (unpaired) electrons. The second-order valence-electron chi connectivity index (χ2n) is 5.77. The van der Waals surface area contributed by atoms with Crippen LogP contribution in [-0.4, -0.2) is 35.1 Å². The molecular weight excluding hydrogens is 202 g/mol. The van der Waals surface area contributed by atoms with Crippen molar-refractivity contribution in [2.24, 2.45) is 5.41 Å². The standard InChI is InChI=1S/C13H23NO2/c1-11(8-12(15)16)14-9-13(10-14)6-4-2-3-5-7-13/h11H,2-10H2,1H3,(H,15,16). The number of carboxylic acid groups (broad SMARTS) is 1.